The van der Waals surface area contributed by atoms with Crippen molar-refractivity contribution in [2.45, 2.75) is 33.1 Å². The van der Waals surface area contributed by atoms with Crippen LogP contribution in [0.4, 0.5) is 0 Å². The minimum absolute atomic E-state index is 0.669. The summed E-state index contributed by atoms with van der Waals surface area (Å²) in [6.07, 6.45) is 5.36. The molecule has 0 bridgehead atoms. The van der Waals surface area contributed by atoms with Crippen LogP contribution in [0.5, 0.6) is 0 Å². The number of rotatable bonds is 5. The van der Waals surface area contributed by atoms with Crippen LogP contribution in [0, 0.1) is 5.92 Å². The summed E-state index contributed by atoms with van der Waals surface area (Å²) in [6.45, 7) is 12.1. The first-order valence-corrected chi connectivity index (χ1v) is 4.04. The fourth-order valence-electron chi connectivity index (χ4n) is 1.11. The van der Waals surface area contributed by atoms with Gasteiger partial charge in [-0.1, -0.05) is 32.1 Å². The Morgan fingerprint density at radius 2 is 2.10 bits per heavy atom. The molecule has 0 radical (unpaired) electrons. The highest BCUT2D eigenvalue weighted by molar-refractivity contribution is 5.01. The normalized spacial score (nSPS) is 12.6. The van der Waals surface area contributed by atoms with E-state index in [4.69, 9.17) is 0 Å². The maximum Gasteiger partial charge on any atom is -0.0174 e. The molecule has 1 atom stereocenters. The first kappa shape index (κ1) is 9.48. The van der Waals surface area contributed by atoms with Crippen LogP contribution in [-0.4, -0.2) is 0 Å². The van der Waals surface area contributed by atoms with Gasteiger partial charge >= 0.3 is 0 Å². The molecule has 0 aliphatic carbocycles. The standard InChI is InChI=1S/C10H18/c1-5-8-10(7-3)9(4)6-2/h5,10H,1,4,6-8H2,2-3H3. The number of hydrogen-bond acceptors (Lipinski definition) is 0. The van der Waals surface area contributed by atoms with Crippen LogP contribution >= 0.6 is 0 Å². The van der Waals surface area contributed by atoms with E-state index >= 15 is 0 Å². The van der Waals surface area contributed by atoms with Crippen LogP contribution in [0.2, 0.25) is 0 Å². The largest absolute Gasteiger partial charge is 0.103 e. The molecule has 0 spiro atoms. The first-order valence-electron chi connectivity index (χ1n) is 4.04. The smallest absolute Gasteiger partial charge is 0.0174 e. The van der Waals surface area contributed by atoms with Gasteiger partial charge in [0.05, 0.1) is 0 Å². The van der Waals surface area contributed by atoms with Crippen molar-refractivity contribution in [1.82, 2.24) is 0 Å². The van der Waals surface area contributed by atoms with Crippen molar-refractivity contribution in [1.29, 1.82) is 0 Å². The molecule has 0 aromatic rings. The van der Waals surface area contributed by atoms with E-state index in [0.29, 0.717) is 5.92 Å². The Morgan fingerprint density at radius 3 is 2.40 bits per heavy atom. The Balaban J connectivity index is 3.79. The Bertz CT molecular complexity index is 111. The van der Waals surface area contributed by atoms with Crippen molar-refractivity contribution in [2.24, 2.45) is 5.92 Å². The van der Waals surface area contributed by atoms with E-state index in [0.717, 1.165) is 12.8 Å². The van der Waals surface area contributed by atoms with Crippen molar-refractivity contribution in [3.8, 4) is 0 Å². The third-order valence-corrected chi connectivity index (χ3v) is 1.98. The molecule has 0 saturated carbocycles. The quantitative estimate of drug-likeness (QED) is 0.510. The molecule has 10 heavy (non-hydrogen) atoms. The van der Waals surface area contributed by atoms with Gasteiger partial charge in [-0.15, -0.1) is 6.58 Å². The fourth-order valence-corrected chi connectivity index (χ4v) is 1.11. The van der Waals surface area contributed by atoms with Gasteiger partial charge < -0.3 is 0 Å². The van der Waals surface area contributed by atoms with Crippen molar-refractivity contribution < 1.29 is 0 Å². The summed E-state index contributed by atoms with van der Waals surface area (Å²) >= 11 is 0. The van der Waals surface area contributed by atoms with E-state index in [1.807, 2.05) is 6.08 Å². The molecule has 0 nitrogen and oxygen atoms in total. The van der Waals surface area contributed by atoms with Gasteiger partial charge in [0.25, 0.3) is 0 Å². The molecule has 0 saturated heterocycles. The molecular weight excluding hydrogens is 120 g/mol. The van der Waals surface area contributed by atoms with Gasteiger partial charge in [0.15, 0.2) is 0 Å². The molecule has 0 N–H and O–H groups in total. The van der Waals surface area contributed by atoms with E-state index in [1.165, 1.54) is 12.0 Å². The van der Waals surface area contributed by atoms with Crippen LogP contribution < -0.4 is 0 Å². The monoisotopic (exact) mass is 138 g/mol. The summed E-state index contributed by atoms with van der Waals surface area (Å²) in [7, 11) is 0. The molecule has 0 rings (SSSR count). The number of allylic oxidation sites excluding steroid dienone is 2. The molecule has 0 heteroatoms. The second-order valence-electron chi connectivity index (χ2n) is 2.64. The highest BCUT2D eigenvalue weighted by Crippen LogP contribution is 2.19. The molecule has 0 heterocycles. The zero-order chi connectivity index (χ0) is 7.98. The Morgan fingerprint density at radius 1 is 1.50 bits per heavy atom. The Hall–Kier alpha value is -0.520. The van der Waals surface area contributed by atoms with Crippen LogP contribution in [-0.2, 0) is 0 Å². The average molecular weight is 138 g/mol. The highest BCUT2D eigenvalue weighted by Gasteiger charge is 2.05. The summed E-state index contributed by atoms with van der Waals surface area (Å²) in [6, 6.07) is 0. The number of hydrogen-bond donors (Lipinski definition) is 0. The summed E-state index contributed by atoms with van der Waals surface area (Å²) in [5.74, 6) is 0.669. The third kappa shape index (κ3) is 2.86. The molecule has 0 aromatic heterocycles. The molecule has 58 valence electrons. The molecule has 0 amide bonds. The van der Waals surface area contributed by atoms with Crippen LogP contribution in [0.1, 0.15) is 33.1 Å². The van der Waals surface area contributed by atoms with Gasteiger partial charge in [0.1, 0.15) is 0 Å². The summed E-state index contributed by atoms with van der Waals surface area (Å²) in [4.78, 5) is 0. The predicted octanol–water partition coefficient (Wildman–Crippen LogP) is 3.55. The lowest BCUT2D eigenvalue weighted by Gasteiger charge is -2.13. The average Bonchev–Trinajstić information content (AvgIpc) is 1.99. The van der Waals surface area contributed by atoms with E-state index in [2.05, 4.69) is 27.0 Å². The van der Waals surface area contributed by atoms with Crippen LogP contribution in [0.15, 0.2) is 24.8 Å². The van der Waals surface area contributed by atoms with E-state index in [-0.39, 0.29) is 0 Å². The molecule has 0 aliphatic heterocycles. The van der Waals surface area contributed by atoms with Gasteiger partial charge in [0, 0.05) is 0 Å². The topological polar surface area (TPSA) is 0 Å². The second-order valence-corrected chi connectivity index (χ2v) is 2.64. The SMILES string of the molecule is C=CCC(CC)C(=C)CC. The zero-order valence-corrected chi connectivity index (χ0v) is 7.19. The van der Waals surface area contributed by atoms with Crippen LogP contribution in [0.25, 0.3) is 0 Å². The minimum Gasteiger partial charge on any atom is -0.103 e. The van der Waals surface area contributed by atoms with Gasteiger partial charge in [-0.3, -0.25) is 0 Å². The van der Waals surface area contributed by atoms with Gasteiger partial charge in [-0.05, 0) is 25.2 Å². The maximum absolute atomic E-state index is 4.02. The lowest BCUT2D eigenvalue weighted by Crippen LogP contribution is -1.99. The summed E-state index contributed by atoms with van der Waals surface area (Å²) in [5, 5.41) is 0. The Labute approximate surface area is 64.6 Å². The molecular formula is C10H18. The highest BCUT2D eigenvalue weighted by atomic mass is 14.1. The molecule has 0 fully saturated rings. The maximum atomic E-state index is 4.02. The van der Waals surface area contributed by atoms with Gasteiger partial charge in [-0.25, -0.2) is 0 Å². The Kier molecular flexibility index (Phi) is 5.00. The second kappa shape index (κ2) is 5.28. The lowest BCUT2D eigenvalue weighted by molar-refractivity contribution is 0.586. The minimum atomic E-state index is 0.669. The van der Waals surface area contributed by atoms with Crippen LogP contribution in [0.3, 0.4) is 0 Å². The van der Waals surface area contributed by atoms with Crippen molar-refractivity contribution >= 4 is 0 Å². The van der Waals surface area contributed by atoms with Gasteiger partial charge in [0.2, 0.25) is 0 Å². The van der Waals surface area contributed by atoms with E-state index < -0.39 is 0 Å². The van der Waals surface area contributed by atoms with Crippen molar-refractivity contribution in [2.75, 3.05) is 0 Å². The molecule has 0 aliphatic rings. The molecule has 0 aromatic carbocycles. The third-order valence-electron chi connectivity index (χ3n) is 1.98. The van der Waals surface area contributed by atoms with Crippen molar-refractivity contribution in [3.63, 3.8) is 0 Å². The van der Waals surface area contributed by atoms with Crippen molar-refractivity contribution in [3.05, 3.63) is 24.8 Å². The summed E-state index contributed by atoms with van der Waals surface area (Å²) in [5.41, 5.74) is 1.36. The van der Waals surface area contributed by atoms with E-state index in [9.17, 15) is 0 Å². The molecule has 1 unspecified atom stereocenters. The first-order chi connectivity index (χ1) is 4.76. The predicted molar refractivity (Wildman–Crippen MR) is 48.0 cm³/mol. The fraction of sp³-hybridized carbons (Fsp3) is 0.600. The van der Waals surface area contributed by atoms with Gasteiger partial charge in [-0.2, -0.15) is 0 Å². The zero-order valence-electron chi connectivity index (χ0n) is 7.19. The van der Waals surface area contributed by atoms with E-state index in [1.54, 1.807) is 0 Å². The summed E-state index contributed by atoms with van der Waals surface area (Å²) < 4.78 is 0. The lowest BCUT2D eigenvalue weighted by atomic mass is 9.93.